The monoisotopic (exact) mass is 359 g/mol. The van der Waals surface area contributed by atoms with Crippen LogP contribution in [0.2, 0.25) is 10.0 Å². The van der Waals surface area contributed by atoms with Gasteiger partial charge in [-0.15, -0.1) is 0 Å². The highest BCUT2D eigenvalue weighted by molar-refractivity contribution is 6.35. The summed E-state index contributed by atoms with van der Waals surface area (Å²) in [4.78, 5) is 11.6. The number of nitrogens with one attached hydrogen (secondary N) is 1. The topological polar surface area (TPSA) is 49.3 Å². The summed E-state index contributed by atoms with van der Waals surface area (Å²) in [6.45, 7) is 0. The average Bonchev–Trinajstić information content (AvgIpc) is 3.02. The Bertz CT molecular complexity index is 862. The van der Waals surface area contributed by atoms with Crippen LogP contribution in [0.3, 0.4) is 0 Å². The number of aromatic carboxylic acids is 1. The third-order valence-corrected chi connectivity index (χ3v) is 5.44. The fourth-order valence-electron chi connectivity index (χ4n) is 3.91. The normalized spacial score (nSPS) is 24.2. The second-order valence-electron chi connectivity index (χ2n) is 6.22. The first-order valence-corrected chi connectivity index (χ1v) is 8.56. The van der Waals surface area contributed by atoms with Gasteiger partial charge in [0.1, 0.15) is 0 Å². The van der Waals surface area contributed by atoms with Crippen molar-refractivity contribution in [3.8, 4) is 0 Å². The highest BCUT2D eigenvalue weighted by Gasteiger charge is 2.40. The van der Waals surface area contributed by atoms with Crippen molar-refractivity contribution in [3.05, 3.63) is 75.3 Å². The molecular formula is C19H15Cl2NO2. The van der Waals surface area contributed by atoms with Crippen molar-refractivity contribution in [1.29, 1.82) is 0 Å². The molecule has 0 saturated heterocycles. The number of carboxylic acid groups (broad SMARTS) is 1. The SMILES string of the molecule is O=C(O)c1ccccc1[C@@H]1Nc2cc(Cl)cc(Cl)c2[C@H]2C=CC[C@@H]21. The summed E-state index contributed by atoms with van der Waals surface area (Å²) in [5.74, 6) is -0.514. The van der Waals surface area contributed by atoms with Crippen molar-refractivity contribution < 1.29 is 9.90 Å². The van der Waals surface area contributed by atoms with Gasteiger partial charge in [-0.2, -0.15) is 0 Å². The Morgan fingerprint density at radius 1 is 1.21 bits per heavy atom. The third kappa shape index (κ3) is 2.40. The quantitative estimate of drug-likeness (QED) is 0.694. The molecule has 1 aliphatic carbocycles. The lowest BCUT2D eigenvalue weighted by molar-refractivity contribution is 0.0694. The molecule has 24 heavy (non-hydrogen) atoms. The first kappa shape index (κ1) is 15.6. The number of hydrogen-bond donors (Lipinski definition) is 2. The molecule has 122 valence electrons. The summed E-state index contributed by atoms with van der Waals surface area (Å²) in [5.41, 5.74) is 3.05. The van der Waals surface area contributed by atoms with E-state index in [2.05, 4.69) is 17.5 Å². The molecule has 1 aliphatic heterocycles. The van der Waals surface area contributed by atoms with Crippen molar-refractivity contribution in [2.24, 2.45) is 5.92 Å². The summed E-state index contributed by atoms with van der Waals surface area (Å²) in [5, 5.41) is 14.2. The summed E-state index contributed by atoms with van der Waals surface area (Å²) in [7, 11) is 0. The Hall–Kier alpha value is -1.97. The highest BCUT2D eigenvalue weighted by atomic mass is 35.5. The fourth-order valence-corrected chi connectivity index (χ4v) is 4.53. The molecule has 2 aliphatic rings. The van der Waals surface area contributed by atoms with Gasteiger partial charge in [0.15, 0.2) is 0 Å². The number of allylic oxidation sites excluding steroid dienone is 2. The van der Waals surface area contributed by atoms with Crippen LogP contribution in [-0.2, 0) is 0 Å². The summed E-state index contributed by atoms with van der Waals surface area (Å²) in [6, 6.07) is 10.7. The zero-order chi connectivity index (χ0) is 16.8. The molecule has 4 rings (SSSR count). The van der Waals surface area contributed by atoms with Crippen molar-refractivity contribution in [2.45, 2.75) is 18.4 Å². The van der Waals surface area contributed by atoms with Gasteiger partial charge in [-0.05, 0) is 36.1 Å². The van der Waals surface area contributed by atoms with E-state index in [1.165, 1.54) is 0 Å². The molecular weight excluding hydrogens is 345 g/mol. The van der Waals surface area contributed by atoms with E-state index in [4.69, 9.17) is 23.2 Å². The van der Waals surface area contributed by atoms with Gasteiger partial charge in [0, 0.05) is 27.2 Å². The Balaban J connectivity index is 1.86. The van der Waals surface area contributed by atoms with E-state index in [1.807, 2.05) is 18.2 Å². The van der Waals surface area contributed by atoms with Crippen molar-refractivity contribution in [3.63, 3.8) is 0 Å². The molecule has 0 fully saturated rings. The van der Waals surface area contributed by atoms with Crippen molar-refractivity contribution in [2.75, 3.05) is 5.32 Å². The predicted octanol–water partition coefficient (Wildman–Crippen LogP) is 5.52. The molecule has 0 saturated carbocycles. The molecule has 2 aromatic carbocycles. The zero-order valence-electron chi connectivity index (χ0n) is 12.7. The van der Waals surface area contributed by atoms with Gasteiger partial charge in [-0.1, -0.05) is 53.6 Å². The number of anilines is 1. The molecule has 0 aromatic heterocycles. The minimum Gasteiger partial charge on any atom is -0.478 e. The largest absolute Gasteiger partial charge is 0.478 e. The summed E-state index contributed by atoms with van der Waals surface area (Å²) >= 11 is 12.6. The van der Waals surface area contributed by atoms with Gasteiger partial charge in [0.2, 0.25) is 0 Å². The van der Waals surface area contributed by atoms with Crippen LogP contribution in [0.15, 0.2) is 48.6 Å². The lowest BCUT2D eigenvalue weighted by Gasteiger charge is -2.38. The molecule has 0 bridgehead atoms. The molecule has 2 N–H and O–H groups in total. The van der Waals surface area contributed by atoms with Gasteiger partial charge in [0.05, 0.1) is 11.6 Å². The maximum Gasteiger partial charge on any atom is 0.336 e. The van der Waals surface area contributed by atoms with Crippen LogP contribution in [0.1, 0.15) is 39.9 Å². The molecule has 2 aromatic rings. The minimum atomic E-state index is -0.912. The highest BCUT2D eigenvalue weighted by Crippen LogP contribution is 2.52. The lowest BCUT2D eigenvalue weighted by Crippen LogP contribution is -2.30. The van der Waals surface area contributed by atoms with Gasteiger partial charge in [0.25, 0.3) is 0 Å². The molecule has 0 radical (unpaired) electrons. The van der Waals surface area contributed by atoms with E-state index in [0.29, 0.717) is 15.6 Å². The smallest absolute Gasteiger partial charge is 0.336 e. The molecule has 1 heterocycles. The number of carboxylic acids is 1. The molecule has 0 unspecified atom stereocenters. The molecule has 5 heteroatoms. The second-order valence-corrected chi connectivity index (χ2v) is 7.06. The van der Waals surface area contributed by atoms with Crippen LogP contribution in [0.5, 0.6) is 0 Å². The van der Waals surface area contributed by atoms with Crippen LogP contribution in [0, 0.1) is 5.92 Å². The minimum absolute atomic E-state index is 0.0978. The van der Waals surface area contributed by atoms with Crippen LogP contribution in [0.4, 0.5) is 5.69 Å². The van der Waals surface area contributed by atoms with Crippen LogP contribution < -0.4 is 5.32 Å². The fraction of sp³-hybridized carbons (Fsp3) is 0.211. The number of benzene rings is 2. The molecule has 3 nitrogen and oxygen atoms in total. The summed E-state index contributed by atoms with van der Waals surface area (Å²) < 4.78 is 0. The number of hydrogen-bond acceptors (Lipinski definition) is 2. The van der Waals surface area contributed by atoms with Crippen LogP contribution in [0.25, 0.3) is 0 Å². The Kier molecular flexibility index (Phi) is 3.78. The van der Waals surface area contributed by atoms with Gasteiger partial charge >= 0.3 is 5.97 Å². The maximum atomic E-state index is 11.6. The Labute approximate surface area is 149 Å². The lowest BCUT2D eigenvalue weighted by atomic mass is 9.76. The maximum absolute atomic E-state index is 11.6. The number of carbonyl (C=O) groups is 1. The van der Waals surface area contributed by atoms with E-state index in [9.17, 15) is 9.90 Å². The second kappa shape index (κ2) is 5.83. The zero-order valence-corrected chi connectivity index (χ0v) is 14.2. The first-order valence-electron chi connectivity index (χ1n) is 7.80. The van der Waals surface area contributed by atoms with E-state index < -0.39 is 5.97 Å². The number of halogens is 2. The molecule has 3 atom stereocenters. The predicted molar refractivity (Wildman–Crippen MR) is 96.2 cm³/mol. The standard InChI is InChI=1S/C19H15Cl2NO2/c20-10-8-15(21)17-11-6-3-7-12(11)18(22-16(17)9-10)13-4-1-2-5-14(13)19(23)24/h1-6,8-9,11-12,18,22H,7H2,(H,23,24)/t11-,12-,18+/m0/s1. The van der Waals surface area contributed by atoms with Gasteiger partial charge < -0.3 is 10.4 Å². The van der Waals surface area contributed by atoms with Gasteiger partial charge in [-0.25, -0.2) is 4.79 Å². The molecule has 0 spiro atoms. The van der Waals surface area contributed by atoms with E-state index in [-0.39, 0.29) is 17.9 Å². The average molecular weight is 360 g/mol. The van der Waals surface area contributed by atoms with E-state index >= 15 is 0 Å². The van der Waals surface area contributed by atoms with E-state index in [0.717, 1.165) is 23.2 Å². The van der Waals surface area contributed by atoms with Gasteiger partial charge in [-0.3, -0.25) is 0 Å². The number of fused-ring (bicyclic) bond motifs is 3. The van der Waals surface area contributed by atoms with Crippen LogP contribution >= 0.6 is 23.2 Å². The van der Waals surface area contributed by atoms with Crippen LogP contribution in [-0.4, -0.2) is 11.1 Å². The molecule has 0 amide bonds. The summed E-state index contributed by atoms with van der Waals surface area (Å²) in [6.07, 6.45) is 5.20. The van der Waals surface area contributed by atoms with E-state index in [1.54, 1.807) is 18.2 Å². The Morgan fingerprint density at radius 3 is 2.79 bits per heavy atom. The van der Waals surface area contributed by atoms with Crippen molar-refractivity contribution in [1.82, 2.24) is 0 Å². The van der Waals surface area contributed by atoms with Crippen molar-refractivity contribution >= 4 is 34.9 Å². The number of rotatable bonds is 2. The first-order chi connectivity index (χ1) is 11.6. The third-order valence-electron chi connectivity index (χ3n) is 4.91. The Morgan fingerprint density at radius 2 is 2.00 bits per heavy atom.